The average molecular weight is 287 g/mol. The topological polar surface area (TPSA) is 70.2 Å². The second-order valence-electron chi connectivity index (χ2n) is 5.17. The number of hydrogen-bond acceptors (Lipinski definition) is 3. The predicted octanol–water partition coefficient (Wildman–Crippen LogP) is 1.54. The van der Waals surface area contributed by atoms with Gasteiger partial charge in [-0.2, -0.15) is 0 Å². The minimum Gasteiger partial charge on any atom is -0.349 e. The lowest BCUT2D eigenvalue weighted by Crippen LogP contribution is -2.31. The molecule has 112 valence electrons. The van der Waals surface area contributed by atoms with Crippen LogP contribution in [0.25, 0.3) is 0 Å². The molecular weight excluding hydrogens is 266 g/mol. The number of carbonyl (C=O) groups excluding carboxylic acids is 2. The Hall–Kier alpha value is -2.14. The third-order valence-corrected chi connectivity index (χ3v) is 3.27. The van der Waals surface area contributed by atoms with Gasteiger partial charge in [0.1, 0.15) is 0 Å². The van der Waals surface area contributed by atoms with Crippen LogP contribution in [0.4, 0.5) is 5.69 Å². The van der Waals surface area contributed by atoms with Gasteiger partial charge in [-0.1, -0.05) is 18.2 Å². The zero-order valence-electron chi connectivity index (χ0n) is 12.0. The molecule has 0 radical (unpaired) electrons. The Labute approximate surface area is 124 Å². The van der Waals surface area contributed by atoms with Gasteiger partial charge in [0.2, 0.25) is 5.91 Å². The minimum atomic E-state index is -0.225. The fourth-order valence-corrected chi connectivity index (χ4v) is 1.96. The fraction of sp³-hybridized carbons (Fsp3) is 0.375. The van der Waals surface area contributed by atoms with Gasteiger partial charge < -0.3 is 16.0 Å². The standard InChI is InChI=1S/C16H21N3O2/c1-2-9-18-16(21)13-5-3-4-6-14(13)19-15(20)11-17-10-12-7-8-12/h2-6,12,17H,1,7-11H2,(H,18,21)(H,19,20). The van der Waals surface area contributed by atoms with Gasteiger partial charge in [0, 0.05) is 6.54 Å². The highest BCUT2D eigenvalue weighted by Crippen LogP contribution is 2.27. The van der Waals surface area contributed by atoms with Crippen LogP contribution in [-0.4, -0.2) is 31.4 Å². The Balaban J connectivity index is 1.89. The summed E-state index contributed by atoms with van der Waals surface area (Å²) in [6.45, 7) is 5.10. The van der Waals surface area contributed by atoms with Crippen molar-refractivity contribution in [1.29, 1.82) is 0 Å². The van der Waals surface area contributed by atoms with Gasteiger partial charge in [-0.15, -0.1) is 6.58 Å². The molecule has 3 N–H and O–H groups in total. The smallest absolute Gasteiger partial charge is 0.253 e. The quantitative estimate of drug-likeness (QED) is 0.635. The minimum absolute atomic E-state index is 0.139. The largest absolute Gasteiger partial charge is 0.349 e. The van der Waals surface area contributed by atoms with E-state index in [1.165, 1.54) is 12.8 Å². The van der Waals surface area contributed by atoms with Crippen molar-refractivity contribution in [2.24, 2.45) is 5.92 Å². The van der Waals surface area contributed by atoms with E-state index in [1.807, 2.05) is 0 Å². The molecule has 0 aliphatic heterocycles. The van der Waals surface area contributed by atoms with Crippen molar-refractivity contribution in [2.75, 3.05) is 25.0 Å². The number of hydrogen-bond donors (Lipinski definition) is 3. The first kappa shape index (κ1) is 15.3. The first-order chi connectivity index (χ1) is 10.2. The van der Waals surface area contributed by atoms with E-state index in [-0.39, 0.29) is 18.4 Å². The maximum atomic E-state index is 12.0. The summed E-state index contributed by atoms with van der Waals surface area (Å²) in [7, 11) is 0. The first-order valence-corrected chi connectivity index (χ1v) is 7.19. The van der Waals surface area contributed by atoms with E-state index < -0.39 is 0 Å². The van der Waals surface area contributed by atoms with E-state index in [2.05, 4.69) is 22.5 Å². The summed E-state index contributed by atoms with van der Waals surface area (Å²) in [6, 6.07) is 6.97. The zero-order valence-corrected chi connectivity index (χ0v) is 12.0. The molecule has 1 aliphatic rings. The third kappa shape index (κ3) is 5.04. The van der Waals surface area contributed by atoms with Crippen LogP contribution >= 0.6 is 0 Å². The fourth-order valence-electron chi connectivity index (χ4n) is 1.96. The molecule has 0 heterocycles. The van der Waals surface area contributed by atoms with Crippen LogP contribution in [0.3, 0.4) is 0 Å². The number of anilines is 1. The van der Waals surface area contributed by atoms with Crippen LogP contribution in [0.5, 0.6) is 0 Å². The highest BCUT2D eigenvalue weighted by Gasteiger charge is 2.20. The normalized spacial score (nSPS) is 13.5. The van der Waals surface area contributed by atoms with Gasteiger partial charge >= 0.3 is 0 Å². The molecule has 5 heteroatoms. The van der Waals surface area contributed by atoms with Crippen molar-refractivity contribution in [3.05, 3.63) is 42.5 Å². The number of carbonyl (C=O) groups is 2. The summed E-state index contributed by atoms with van der Waals surface area (Å²) in [5.41, 5.74) is 0.979. The SMILES string of the molecule is C=CCNC(=O)c1ccccc1NC(=O)CNCC1CC1. The third-order valence-electron chi connectivity index (χ3n) is 3.27. The van der Waals surface area contributed by atoms with Crippen LogP contribution in [0.15, 0.2) is 36.9 Å². The monoisotopic (exact) mass is 287 g/mol. The van der Waals surface area contributed by atoms with E-state index in [0.717, 1.165) is 12.5 Å². The molecule has 1 saturated carbocycles. The average Bonchev–Trinajstić information content (AvgIpc) is 3.29. The molecule has 0 saturated heterocycles. The second-order valence-corrected chi connectivity index (χ2v) is 5.17. The van der Waals surface area contributed by atoms with E-state index in [1.54, 1.807) is 30.3 Å². The van der Waals surface area contributed by atoms with Crippen molar-refractivity contribution in [1.82, 2.24) is 10.6 Å². The molecule has 1 aromatic rings. The Morgan fingerprint density at radius 1 is 1.29 bits per heavy atom. The van der Waals surface area contributed by atoms with Crippen molar-refractivity contribution in [3.63, 3.8) is 0 Å². The summed E-state index contributed by atoms with van der Waals surface area (Å²) in [6.07, 6.45) is 4.11. The lowest BCUT2D eigenvalue weighted by Gasteiger charge is -2.11. The van der Waals surface area contributed by atoms with Crippen molar-refractivity contribution < 1.29 is 9.59 Å². The highest BCUT2D eigenvalue weighted by atomic mass is 16.2. The van der Waals surface area contributed by atoms with Crippen molar-refractivity contribution in [2.45, 2.75) is 12.8 Å². The molecule has 1 aliphatic carbocycles. The molecule has 0 aromatic heterocycles. The molecule has 2 rings (SSSR count). The van der Waals surface area contributed by atoms with Crippen LogP contribution in [-0.2, 0) is 4.79 Å². The second kappa shape index (κ2) is 7.59. The Bertz CT molecular complexity index is 524. The molecule has 1 fully saturated rings. The van der Waals surface area contributed by atoms with E-state index >= 15 is 0 Å². The van der Waals surface area contributed by atoms with E-state index in [4.69, 9.17) is 0 Å². The molecule has 21 heavy (non-hydrogen) atoms. The number of rotatable bonds is 8. The number of amides is 2. The highest BCUT2D eigenvalue weighted by molar-refractivity contribution is 6.04. The van der Waals surface area contributed by atoms with Gasteiger partial charge in [0.25, 0.3) is 5.91 Å². The molecule has 0 atom stereocenters. The van der Waals surface area contributed by atoms with E-state index in [9.17, 15) is 9.59 Å². The van der Waals surface area contributed by atoms with Crippen LogP contribution in [0.1, 0.15) is 23.2 Å². The van der Waals surface area contributed by atoms with Crippen molar-refractivity contribution in [3.8, 4) is 0 Å². The van der Waals surface area contributed by atoms with Gasteiger partial charge in [0.05, 0.1) is 17.8 Å². The predicted molar refractivity (Wildman–Crippen MR) is 83.2 cm³/mol. The lowest BCUT2D eigenvalue weighted by molar-refractivity contribution is -0.115. The van der Waals surface area contributed by atoms with Crippen LogP contribution in [0.2, 0.25) is 0 Å². The molecule has 1 aromatic carbocycles. The number of benzene rings is 1. The molecule has 0 spiro atoms. The van der Waals surface area contributed by atoms with Gasteiger partial charge in [-0.05, 0) is 37.4 Å². The number of nitrogens with one attached hydrogen (secondary N) is 3. The van der Waals surface area contributed by atoms with Gasteiger partial charge in [0.15, 0.2) is 0 Å². The molecular formula is C16H21N3O2. The lowest BCUT2D eigenvalue weighted by atomic mass is 10.1. The summed E-state index contributed by atoms with van der Waals surface area (Å²) in [5.74, 6) is 0.367. The zero-order chi connectivity index (χ0) is 15.1. The molecule has 5 nitrogen and oxygen atoms in total. The van der Waals surface area contributed by atoms with Crippen molar-refractivity contribution >= 4 is 17.5 Å². The summed E-state index contributed by atoms with van der Waals surface area (Å²) >= 11 is 0. The summed E-state index contributed by atoms with van der Waals surface area (Å²) in [5, 5.41) is 8.60. The Morgan fingerprint density at radius 3 is 2.76 bits per heavy atom. The molecule has 0 unspecified atom stereocenters. The maximum Gasteiger partial charge on any atom is 0.253 e. The Kier molecular flexibility index (Phi) is 5.51. The number of para-hydroxylation sites is 1. The van der Waals surface area contributed by atoms with E-state index in [0.29, 0.717) is 17.8 Å². The summed E-state index contributed by atoms with van der Waals surface area (Å²) in [4.78, 5) is 23.9. The van der Waals surface area contributed by atoms with Crippen LogP contribution in [0, 0.1) is 5.92 Å². The Morgan fingerprint density at radius 2 is 2.05 bits per heavy atom. The van der Waals surface area contributed by atoms with Gasteiger partial charge in [-0.3, -0.25) is 9.59 Å². The summed E-state index contributed by atoms with van der Waals surface area (Å²) < 4.78 is 0. The maximum absolute atomic E-state index is 12.0. The van der Waals surface area contributed by atoms with Crippen LogP contribution < -0.4 is 16.0 Å². The molecule has 2 amide bonds. The first-order valence-electron chi connectivity index (χ1n) is 7.19. The molecule has 0 bridgehead atoms. The van der Waals surface area contributed by atoms with Gasteiger partial charge in [-0.25, -0.2) is 0 Å².